The summed E-state index contributed by atoms with van der Waals surface area (Å²) in [5, 5.41) is 10.6. The zero-order valence-corrected chi connectivity index (χ0v) is 60.2. The maximum absolute atomic E-state index is 13.0. The van der Waals surface area contributed by atoms with Crippen LogP contribution in [0.3, 0.4) is 0 Å². The standard InChI is InChI=1S/C71H138O17P2/c1-7-11-13-15-17-19-21-22-23-24-25-26-28-30-36-44-50-56-71(76)87-66(59-81-68(73)53-47-41-34-32-31-33-39-45-51-63(5)9-3)61-85-89(77,78)83-57-65(72)58-84-90(79,80)86-62-67(60-82-69(74)54-48-42-38-37-40-46-52-64(6)10-4)88-70(75)55-49-43-35-29-27-20-18-16-14-12-8-2/h63-67,72H,7-62H2,1-6H3,(H,77,78)(H,79,80)/t63?,64?,65-,66-,67-/m1/s1. The molecule has 0 aliphatic heterocycles. The summed E-state index contributed by atoms with van der Waals surface area (Å²) in [6.07, 6.45) is 48.5. The molecule has 534 valence electrons. The second kappa shape index (κ2) is 63.1. The monoisotopic (exact) mass is 1320 g/mol. The average Bonchev–Trinajstić information content (AvgIpc) is 3.71. The molecule has 19 heteroatoms. The number of phosphoric ester groups is 2. The Hall–Kier alpha value is -1.94. The van der Waals surface area contributed by atoms with Crippen molar-refractivity contribution in [1.82, 2.24) is 0 Å². The van der Waals surface area contributed by atoms with Gasteiger partial charge in [-0.05, 0) is 37.5 Å². The molecule has 0 aliphatic rings. The summed E-state index contributed by atoms with van der Waals surface area (Å²) >= 11 is 0. The van der Waals surface area contributed by atoms with Crippen molar-refractivity contribution in [2.75, 3.05) is 39.6 Å². The number of phosphoric acid groups is 2. The van der Waals surface area contributed by atoms with E-state index in [4.69, 9.17) is 37.0 Å². The SMILES string of the molecule is CCCCCCCCCCCCCCCCCCCC(=O)O[C@H](COC(=O)CCCCCCCCCCC(C)CC)COP(=O)(O)OC[C@@H](O)COP(=O)(O)OC[C@@H](COC(=O)CCCCCCCCC(C)CC)OC(=O)CCCCCCCCCCCCC. The Kier molecular flexibility index (Phi) is 61.8. The Labute approximate surface area is 549 Å². The molecule has 0 aromatic carbocycles. The summed E-state index contributed by atoms with van der Waals surface area (Å²) in [4.78, 5) is 72.6. The van der Waals surface area contributed by atoms with Gasteiger partial charge in [0.1, 0.15) is 19.3 Å². The van der Waals surface area contributed by atoms with Crippen LogP contribution in [0.2, 0.25) is 0 Å². The number of rotatable bonds is 70. The van der Waals surface area contributed by atoms with E-state index in [1.54, 1.807) is 0 Å². The lowest BCUT2D eigenvalue weighted by atomic mass is 9.99. The Morgan fingerprint density at radius 3 is 0.789 bits per heavy atom. The summed E-state index contributed by atoms with van der Waals surface area (Å²) in [5.41, 5.74) is 0. The van der Waals surface area contributed by atoms with Crippen LogP contribution >= 0.6 is 15.6 Å². The molecule has 0 bridgehead atoms. The summed E-state index contributed by atoms with van der Waals surface area (Å²) < 4.78 is 68.3. The zero-order valence-electron chi connectivity index (χ0n) is 58.4. The van der Waals surface area contributed by atoms with Crippen LogP contribution in [0.15, 0.2) is 0 Å². The first-order chi connectivity index (χ1) is 43.4. The molecule has 0 amide bonds. The van der Waals surface area contributed by atoms with E-state index < -0.39 is 97.5 Å². The van der Waals surface area contributed by atoms with Crippen molar-refractivity contribution in [2.24, 2.45) is 11.8 Å². The van der Waals surface area contributed by atoms with Crippen molar-refractivity contribution < 1.29 is 80.2 Å². The van der Waals surface area contributed by atoms with Crippen LogP contribution in [-0.2, 0) is 65.4 Å². The van der Waals surface area contributed by atoms with Gasteiger partial charge in [-0.2, -0.15) is 0 Å². The van der Waals surface area contributed by atoms with E-state index in [0.29, 0.717) is 25.7 Å². The molecule has 7 atom stereocenters. The molecule has 0 fully saturated rings. The molecule has 4 unspecified atom stereocenters. The van der Waals surface area contributed by atoms with Gasteiger partial charge in [0.2, 0.25) is 0 Å². The van der Waals surface area contributed by atoms with Gasteiger partial charge in [-0.1, -0.05) is 311 Å². The first-order valence-corrected chi connectivity index (χ1v) is 40.1. The van der Waals surface area contributed by atoms with E-state index in [0.717, 1.165) is 108 Å². The van der Waals surface area contributed by atoms with E-state index in [2.05, 4.69) is 41.5 Å². The summed E-state index contributed by atoms with van der Waals surface area (Å²) in [6, 6.07) is 0. The van der Waals surface area contributed by atoms with Crippen LogP contribution in [0, 0.1) is 11.8 Å². The molecule has 0 saturated carbocycles. The molecule has 0 heterocycles. The average molecular weight is 1330 g/mol. The van der Waals surface area contributed by atoms with E-state index in [1.807, 2.05) is 0 Å². The molecular formula is C71H138O17P2. The lowest BCUT2D eigenvalue weighted by Gasteiger charge is -2.21. The third-order valence-electron chi connectivity index (χ3n) is 17.2. The predicted molar refractivity (Wildman–Crippen MR) is 363 cm³/mol. The fourth-order valence-corrected chi connectivity index (χ4v) is 12.3. The quantitative estimate of drug-likeness (QED) is 0.0222. The fourth-order valence-electron chi connectivity index (χ4n) is 10.7. The number of unbranched alkanes of at least 4 members (excludes halogenated alkanes) is 38. The Bertz CT molecular complexity index is 1760. The summed E-state index contributed by atoms with van der Waals surface area (Å²) in [7, 11) is -9.90. The third kappa shape index (κ3) is 62.2. The van der Waals surface area contributed by atoms with Gasteiger partial charge in [-0.15, -0.1) is 0 Å². The van der Waals surface area contributed by atoms with Crippen molar-refractivity contribution >= 4 is 39.5 Å². The van der Waals surface area contributed by atoms with Gasteiger partial charge in [0.25, 0.3) is 0 Å². The summed E-state index contributed by atoms with van der Waals surface area (Å²) in [5.74, 6) is -0.614. The van der Waals surface area contributed by atoms with Crippen molar-refractivity contribution in [3.8, 4) is 0 Å². The largest absolute Gasteiger partial charge is 0.472 e. The van der Waals surface area contributed by atoms with Gasteiger partial charge < -0.3 is 33.8 Å². The van der Waals surface area contributed by atoms with Crippen molar-refractivity contribution in [1.29, 1.82) is 0 Å². The smallest absolute Gasteiger partial charge is 0.462 e. The lowest BCUT2D eigenvalue weighted by Crippen LogP contribution is -2.30. The lowest BCUT2D eigenvalue weighted by molar-refractivity contribution is -0.161. The van der Waals surface area contributed by atoms with Crippen LogP contribution in [0.4, 0.5) is 0 Å². The minimum atomic E-state index is -4.95. The van der Waals surface area contributed by atoms with Gasteiger partial charge in [-0.25, -0.2) is 9.13 Å². The van der Waals surface area contributed by atoms with Crippen molar-refractivity contribution in [2.45, 2.75) is 381 Å². The third-order valence-corrected chi connectivity index (χ3v) is 19.1. The number of hydrogen-bond acceptors (Lipinski definition) is 15. The minimum absolute atomic E-state index is 0.106. The van der Waals surface area contributed by atoms with Gasteiger partial charge >= 0.3 is 39.5 Å². The molecule has 0 saturated heterocycles. The predicted octanol–water partition coefficient (Wildman–Crippen LogP) is 20.4. The first kappa shape index (κ1) is 88.1. The molecule has 0 aromatic rings. The van der Waals surface area contributed by atoms with Gasteiger partial charge in [0, 0.05) is 25.7 Å². The second-order valence-corrected chi connectivity index (χ2v) is 29.0. The number of carbonyl (C=O) groups excluding carboxylic acids is 4. The number of esters is 4. The Morgan fingerprint density at radius 2 is 0.533 bits per heavy atom. The van der Waals surface area contributed by atoms with Gasteiger partial charge in [0.05, 0.1) is 26.4 Å². The molecular weight excluding hydrogens is 1190 g/mol. The molecule has 17 nitrogen and oxygen atoms in total. The van der Waals surface area contributed by atoms with Crippen LogP contribution in [-0.4, -0.2) is 96.7 Å². The van der Waals surface area contributed by atoms with Crippen molar-refractivity contribution in [3.63, 3.8) is 0 Å². The van der Waals surface area contributed by atoms with E-state index in [9.17, 15) is 43.2 Å². The highest BCUT2D eigenvalue weighted by Gasteiger charge is 2.30. The molecule has 0 rings (SSSR count). The van der Waals surface area contributed by atoms with E-state index in [1.165, 1.54) is 173 Å². The van der Waals surface area contributed by atoms with E-state index in [-0.39, 0.29) is 25.7 Å². The molecule has 3 N–H and O–H groups in total. The first-order valence-electron chi connectivity index (χ1n) is 37.1. The minimum Gasteiger partial charge on any atom is -0.462 e. The molecule has 0 aliphatic carbocycles. The topological polar surface area (TPSA) is 237 Å². The molecule has 0 aromatic heterocycles. The van der Waals surface area contributed by atoms with Gasteiger partial charge in [0.15, 0.2) is 12.2 Å². The van der Waals surface area contributed by atoms with Crippen LogP contribution in [0.5, 0.6) is 0 Å². The maximum atomic E-state index is 13.0. The molecule has 0 spiro atoms. The second-order valence-electron chi connectivity index (χ2n) is 26.1. The normalized spacial score (nSPS) is 14.7. The number of carbonyl (C=O) groups is 4. The van der Waals surface area contributed by atoms with Crippen LogP contribution in [0.1, 0.15) is 363 Å². The maximum Gasteiger partial charge on any atom is 0.472 e. The summed E-state index contributed by atoms with van der Waals surface area (Å²) in [6.45, 7) is 9.52. The Balaban J connectivity index is 5.24. The van der Waals surface area contributed by atoms with Crippen molar-refractivity contribution in [3.05, 3.63) is 0 Å². The van der Waals surface area contributed by atoms with Crippen LogP contribution in [0.25, 0.3) is 0 Å². The number of aliphatic hydroxyl groups excluding tert-OH is 1. The Morgan fingerprint density at radius 1 is 0.311 bits per heavy atom. The molecule has 0 radical (unpaired) electrons. The van der Waals surface area contributed by atoms with E-state index >= 15 is 0 Å². The highest BCUT2D eigenvalue weighted by molar-refractivity contribution is 7.47. The van der Waals surface area contributed by atoms with Gasteiger partial charge in [-0.3, -0.25) is 37.3 Å². The fraction of sp³-hybridized carbons (Fsp3) is 0.944. The zero-order chi connectivity index (χ0) is 66.5. The number of aliphatic hydroxyl groups is 1. The molecule has 90 heavy (non-hydrogen) atoms. The van der Waals surface area contributed by atoms with Crippen LogP contribution < -0.4 is 0 Å². The highest BCUT2D eigenvalue weighted by atomic mass is 31.2. The number of ether oxygens (including phenoxy) is 4. The highest BCUT2D eigenvalue weighted by Crippen LogP contribution is 2.45. The number of hydrogen-bond donors (Lipinski definition) is 3.